The summed E-state index contributed by atoms with van der Waals surface area (Å²) >= 11 is 0. The van der Waals surface area contributed by atoms with Crippen molar-refractivity contribution in [2.45, 2.75) is 62.7 Å². The highest BCUT2D eigenvalue weighted by atomic mass is 16.4. The van der Waals surface area contributed by atoms with Crippen LogP contribution in [-0.4, -0.2) is 88.0 Å². The predicted octanol–water partition coefficient (Wildman–Crippen LogP) is -1.87. The maximum Gasteiger partial charge on any atom is 0.326 e. The summed E-state index contributed by atoms with van der Waals surface area (Å²) in [6.07, 6.45) is 0.492. The van der Waals surface area contributed by atoms with Crippen LogP contribution in [-0.2, 0) is 30.4 Å². The van der Waals surface area contributed by atoms with Crippen molar-refractivity contribution in [2.24, 2.45) is 22.2 Å². The summed E-state index contributed by atoms with van der Waals surface area (Å²) < 4.78 is 0. The summed E-state index contributed by atoms with van der Waals surface area (Å²) in [4.78, 5) is 66.9. The standard InChI is InChI=1S/C24H35N7O7/c25-15(12-14-6-2-1-3-7-14)20(34)30-17(13-19(32)33)22(36)31-11-5-9-18(31)21(35)29-16(23(37)38)8-4-10-28-24(26)27/h1-3,6-7,15-18H,4-5,8-13,25H2,(H,29,35)(H,30,34)(H,32,33)(H,37,38)(H4,26,27,28). The van der Waals surface area contributed by atoms with Crippen LogP contribution in [0.1, 0.15) is 37.7 Å². The highest BCUT2D eigenvalue weighted by Crippen LogP contribution is 2.20. The van der Waals surface area contributed by atoms with Gasteiger partial charge in [0.05, 0.1) is 12.5 Å². The maximum atomic E-state index is 13.3. The lowest BCUT2D eigenvalue weighted by Crippen LogP contribution is -2.57. The molecule has 10 N–H and O–H groups in total. The third kappa shape index (κ3) is 9.35. The topological polar surface area (TPSA) is 244 Å². The van der Waals surface area contributed by atoms with Crippen molar-refractivity contribution in [1.82, 2.24) is 15.5 Å². The fourth-order valence-electron chi connectivity index (χ4n) is 4.15. The molecule has 1 aromatic carbocycles. The van der Waals surface area contributed by atoms with Gasteiger partial charge in [0.15, 0.2) is 5.96 Å². The van der Waals surface area contributed by atoms with Gasteiger partial charge < -0.3 is 42.9 Å². The summed E-state index contributed by atoms with van der Waals surface area (Å²) in [5.41, 5.74) is 17.3. The first-order chi connectivity index (χ1) is 18.0. The first kappa shape index (κ1) is 30.0. The fourth-order valence-corrected chi connectivity index (χ4v) is 4.15. The van der Waals surface area contributed by atoms with Crippen molar-refractivity contribution in [3.05, 3.63) is 35.9 Å². The van der Waals surface area contributed by atoms with Crippen LogP contribution in [0.3, 0.4) is 0 Å². The molecule has 0 bridgehead atoms. The normalized spacial score (nSPS) is 17.1. The molecule has 2 rings (SSSR count). The molecule has 1 saturated heterocycles. The van der Waals surface area contributed by atoms with E-state index in [-0.39, 0.29) is 38.3 Å². The summed E-state index contributed by atoms with van der Waals surface area (Å²) in [6, 6.07) is 4.21. The third-order valence-corrected chi connectivity index (χ3v) is 6.03. The molecule has 0 aromatic heterocycles. The van der Waals surface area contributed by atoms with Crippen molar-refractivity contribution >= 4 is 35.6 Å². The average molecular weight is 534 g/mol. The summed E-state index contributed by atoms with van der Waals surface area (Å²) in [5.74, 6) is -4.88. The average Bonchev–Trinajstić information content (AvgIpc) is 3.35. The van der Waals surface area contributed by atoms with E-state index < -0.39 is 60.2 Å². The molecule has 1 fully saturated rings. The highest BCUT2D eigenvalue weighted by molar-refractivity contribution is 5.96. The third-order valence-electron chi connectivity index (χ3n) is 6.03. The molecule has 4 atom stereocenters. The number of hydrogen-bond acceptors (Lipinski definition) is 7. The van der Waals surface area contributed by atoms with Crippen LogP contribution in [0, 0.1) is 0 Å². The minimum Gasteiger partial charge on any atom is -0.481 e. The first-order valence-corrected chi connectivity index (χ1v) is 12.2. The second kappa shape index (κ2) is 14.5. The van der Waals surface area contributed by atoms with Gasteiger partial charge in [-0.1, -0.05) is 30.3 Å². The Balaban J connectivity index is 2.06. The second-order valence-corrected chi connectivity index (χ2v) is 8.99. The number of guanidine groups is 1. The Hall–Kier alpha value is -4.20. The molecule has 208 valence electrons. The van der Waals surface area contributed by atoms with Gasteiger partial charge in [-0.25, -0.2) is 4.79 Å². The minimum atomic E-state index is -1.45. The van der Waals surface area contributed by atoms with Crippen LogP contribution in [0.25, 0.3) is 0 Å². The van der Waals surface area contributed by atoms with Gasteiger partial charge in [-0.05, 0) is 37.7 Å². The Kier molecular flexibility index (Phi) is 11.5. The van der Waals surface area contributed by atoms with Crippen molar-refractivity contribution in [1.29, 1.82) is 0 Å². The molecule has 4 unspecified atom stereocenters. The number of hydrogen-bond donors (Lipinski definition) is 7. The summed E-state index contributed by atoms with van der Waals surface area (Å²) in [5, 5.41) is 23.7. The zero-order valence-corrected chi connectivity index (χ0v) is 20.9. The van der Waals surface area contributed by atoms with Gasteiger partial charge in [0.2, 0.25) is 17.7 Å². The lowest BCUT2D eigenvalue weighted by atomic mass is 10.0. The van der Waals surface area contributed by atoms with E-state index in [9.17, 15) is 34.2 Å². The fraction of sp³-hybridized carbons (Fsp3) is 0.500. The number of aliphatic imine (C=N–C) groups is 1. The zero-order valence-electron chi connectivity index (χ0n) is 20.9. The van der Waals surface area contributed by atoms with Crippen molar-refractivity contribution in [3.63, 3.8) is 0 Å². The van der Waals surface area contributed by atoms with Crippen molar-refractivity contribution < 1.29 is 34.2 Å². The molecule has 38 heavy (non-hydrogen) atoms. The molecule has 0 aliphatic carbocycles. The van der Waals surface area contributed by atoms with Gasteiger partial charge in [0, 0.05) is 13.1 Å². The van der Waals surface area contributed by atoms with Crippen LogP contribution in [0.2, 0.25) is 0 Å². The van der Waals surface area contributed by atoms with E-state index >= 15 is 0 Å². The van der Waals surface area contributed by atoms with Gasteiger partial charge in [-0.15, -0.1) is 0 Å². The molecular weight excluding hydrogens is 498 g/mol. The molecule has 14 heteroatoms. The van der Waals surface area contributed by atoms with E-state index in [1.165, 1.54) is 4.90 Å². The molecule has 14 nitrogen and oxygen atoms in total. The zero-order chi connectivity index (χ0) is 28.2. The van der Waals surface area contributed by atoms with E-state index in [0.717, 1.165) is 5.56 Å². The Morgan fingerprint density at radius 2 is 1.74 bits per heavy atom. The molecule has 1 heterocycles. The van der Waals surface area contributed by atoms with Crippen LogP contribution < -0.4 is 27.8 Å². The Labute approximate surface area is 219 Å². The molecule has 0 radical (unpaired) electrons. The van der Waals surface area contributed by atoms with Crippen LogP contribution in [0.15, 0.2) is 35.3 Å². The SMILES string of the molecule is NC(N)=NCCCC(NC(=O)C1CCCN1C(=O)C(CC(=O)O)NC(=O)C(N)Cc1ccccc1)C(=O)O. The number of rotatable bonds is 14. The number of carboxylic acids is 2. The molecule has 3 amide bonds. The van der Waals surface area contributed by atoms with Crippen molar-refractivity contribution in [2.75, 3.05) is 13.1 Å². The molecule has 0 saturated carbocycles. The van der Waals surface area contributed by atoms with Crippen LogP contribution >= 0.6 is 0 Å². The predicted molar refractivity (Wildman–Crippen MR) is 137 cm³/mol. The van der Waals surface area contributed by atoms with Crippen LogP contribution in [0.4, 0.5) is 0 Å². The lowest BCUT2D eigenvalue weighted by molar-refractivity contribution is -0.147. The van der Waals surface area contributed by atoms with Gasteiger partial charge in [0.25, 0.3) is 0 Å². The smallest absolute Gasteiger partial charge is 0.326 e. The minimum absolute atomic E-state index is 0.0511. The Morgan fingerprint density at radius 1 is 1.05 bits per heavy atom. The van der Waals surface area contributed by atoms with E-state index in [4.69, 9.17) is 17.2 Å². The quantitative estimate of drug-likeness (QED) is 0.0797. The van der Waals surface area contributed by atoms with Gasteiger partial charge in [-0.3, -0.25) is 24.2 Å². The molecule has 1 aliphatic heterocycles. The van der Waals surface area contributed by atoms with Crippen molar-refractivity contribution in [3.8, 4) is 0 Å². The molecular formula is C24H35N7O7. The first-order valence-electron chi connectivity index (χ1n) is 12.2. The Morgan fingerprint density at radius 3 is 2.34 bits per heavy atom. The lowest BCUT2D eigenvalue weighted by Gasteiger charge is -2.29. The monoisotopic (exact) mass is 533 g/mol. The van der Waals surface area contributed by atoms with E-state index in [1.807, 2.05) is 6.07 Å². The Bertz CT molecular complexity index is 1030. The highest BCUT2D eigenvalue weighted by Gasteiger charge is 2.39. The second-order valence-electron chi connectivity index (χ2n) is 8.99. The number of amides is 3. The number of likely N-dealkylation sites (tertiary alicyclic amines) is 1. The number of aliphatic carboxylic acids is 2. The number of carbonyl (C=O) groups excluding carboxylic acids is 3. The largest absolute Gasteiger partial charge is 0.481 e. The molecule has 1 aliphatic rings. The van der Waals surface area contributed by atoms with Gasteiger partial charge in [-0.2, -0.15) is 0 Å². The van der Waals surface area contributed by atoms with E-state index in [1.54, 1.807) is 24.3 Å². The summed E-state index contributed by atoms with van der Waals surface area (Å²) in [6.45, 7) is 0.320. The number of nitrogens with two attached hydrogens (primary N) is 3. The molecule has 1 aromatic rings. The maximum absolute atomic E-state index is 13.3. The van der Waals surface area contributed by atoms with E-state index in [2.05, 4.69) is 15.6 Å². The number of nitrogens with zero attached hydrogens (tertiary/aromatic N) is 2. The van der Waals surface area contributed by atoms with Crippen LogP contribution in [0.5, 0.6) is 0 Å². The number of benzene rings is 1. The summed E-state index contributed by atoms with van der Waals surface area (Å²) in [7, 11) is 0. The number of carbonyl (C=O) groups is 5. The van der Waals surface area contributed by atoms with Gasteiger partial charge in [0.1, 0.15) is 18.1 Å². The van der Waals surface area contributed by atoms with Gasteiger partial charge >= 0.3 is 11.9 Å². The number of nitrogens with one attached hydrogen (secondary N) is 2. The molecule has 0 spiro atoms. The number of carboxylic acid groups (broad SMARTS) is 2. The van der Waals surface area contributed by atoms with E-state index in [0.29, 0.717) is 12.8 Å².